The van der Waals surface area contributed by atoms with Gasteiger partial charge in [-0.05, 0) is 34.6 Å². The maximum atomic E-state index is 12.6. The largest absolute Gasteiger partial charge is 0.350 e. The van der Waals surface area contributed by atoms with E-state index >= 15 is 0 Å². The molecule has 2 N–H and O–H groups in total. The second-order valence-electron chi connectivity index (χ2n) is 7.26. The van der Waals surface area contributed by atoms with Gasteiger partial charge in [0.25, 0.3) is 0 Å². The molecule has 21 heavy (non-hydrogen) atoms. The van der Waals surface area contributed by atoms with Crippen molar-refractivity contribution in [2.75, 3.05) is 39.8 Å². The van der Waals surface area contributed by atoms with Crippen molar-refractivity contribution in [3.8, 4) is 0 Å². The number of hydrogen-bond acceptors (Lipinski definition) is 4. The highest BCUT2D eigenvalue weighted by Gasteiger charge is 2.37. The van der Waals surface area contributed by atoms with Crippen molar-refractivity contribution < 1.29 is 9.59 Å². The lowest BCUT2D eigenvalue weighted by Gasteiger charge is -2.41. The van der Waals surface area contributed by atoms with Crippen molar-refractivity contribution in [1.29, 1.82) is 0 Å². The molecule has 0 unspecified atom stereocenters. The predicted molar refractivity (Wildman–Crippen MR) is 84.1 cm³/mol. The molecule has 0 radical (unpaired) electrons. The standard InChI is InChI=1S/C15H30N4O2/c1-14(2,3)17-12(20)11-18(6)13(21)15(4,5)19-9-7-16-8-10-19/h16H,7-11H2,1-6H3,(H,17,20). The van der Waals surface area contributed by atoms with Crippen LogP contribution < -0.4 is 10.6 Å². The summed E-state index contributed by atoms with van der Waals surface area (Å²) in [6.45, 7) is 13.2. The summed E-state index contributed by atoms with van der Waals surface area (Å²) in [6.07, 6.45) is 0. The van der Waals surface area contributed by atoms with E-state index in [0.29, 0.717) is 0 Å². The Bertz CT molecular complexity index is 382. The lowest BCUT2D eigenvalue weighted by molar-refractivity contribution is -0.144. The zero-order valence-electron chi connectivity index (χ0n) is 14.2. The van der Waals surface area contributed by atoms with Gasteiger partial charge in [0, 0.05) is 38.8 Å². The van der Waals surface area contributed by atoms with Crippen LogP contribution in [0.2, 0.25) is 0 Å². The van der Waals surface area contributed by atoms with Crippen LogP contribution in [0.4, 0.5) is 0 Å². The van der Waals surface area contributed by atoms with E-state index in [1.165, 1.54) is 4.90 Å². The Hall–Kier alpha value is -1.14. The van der Waals surface area contributed by atoms with Gasteiger partial charge in [-0.3, -0.25) is 14.5 Å². The lowest BCUT2D eigenvalue weighted by atomic mass is 9.99. The molecule has 6 heteroatoms. The first-order valence-electron chi connectivity index (χ1n) is 7.56. The molecule has 6 nitrogen and oxygen atoms in total. The lowest BCUT2D eigenvalue weighted by Crippen LogP contribution is -2.61. The zero-order chi connectivity index (χ0) is 16.3. The van der Waals surface area contributed by atoms with Crippen molar-refractivity contribution in [2.45, 2.75) is 45.7 Å². The number of hydrogen-bond donors (Lipinski definition) is 2. The Morgan fingerprint density at radius 3 is 2.14 bits per heavy atom. The molecule has 0 aromatic carbocycles. The van der Waals surface area contributed by atoms with Gasteiger partial charge in [-0.15, -0.1) is 0 Å². The second-order valence-corrected chi connectivity index (χ2v) is 7.26. The van der Waals surface area contributed by atoms with Gasteiger partial charge >= 0.3 is 0 Å². The molecule has 122 valence electrons. The minimum atomic E-state index is -0.584. The normalized spacial score (nSPS) is 17.4. The SMILES string of the molecule is CN(CC(=O)NC(C)(C)C)C(=O)C(C)(C)N1CCNCC1. The van der Waals surface area contributed by atoms with Crippen LogP contribution in [0.15, 0.2) is 0 Å². The molecule has 1 aliphatic rings. The Morgan fingerprint density at radius 1 is 1.14 bits per heavy atom. The van der Waals surface area contributed by atoms with E-state index in [2.05, 4.69) is 15.5 Å². The number of nitrogens with one attached hydrogen (secondary N) is 2. The topological polar surface area (TPSA) is 64.7 Å². The van der Waals surface area contributed by atoms with Crippen molar-refractivity contribution in [1.82, 2.24) is 20.4 Å². The summed E-state index contributed by atoms with van der Waals surface area (Å²) in [6, 6.07) is 0. The van der Waals surface area contributed by atoms with E-state index in [1.54, 1.807) is 7.05 Å². The molecule has 1 heterocycles. The fourth-order valence-electron chi connectivity index (χ4n) is 2.57. The highest BCUT2D eigenvalue weighted by atomic mass is 16.2. The van der Waals surface area contributed by atoms with E-state index in [-0.39, 0.29) is 23.9 Å². The summed E-state index contributed by atoms with van der Waals surface area (Å²) in [5, 5.41) is 6.16. The molecule has 1 aliphatic heterocycles. The van der Waals surface area contributed by atoms with E-state index in [4.69, 9.17) is 0 Å². The molecule has 2 amide bonds. The first kappa shape index (κ1) is 17.9. The number of likely N-dealkylation sites (N-methyl/N-ethyl adjacent to an activating group) is 1. The Balaban J connectivity index is 2.61. The molecular weight excluding hydrogens is 268 g/mol. The smallest absolute Gasteiger partial charge is 0.242 e. The Labute approximate surface area is 128 Å². The summed E-state index contributed by atoms with van der Waals surface area (Å²) in [7, 11) is 1.69. The van der Waals surface area contributed by atoms with E-state index in [9.17, 15) is 9.59 Å². The van der Waals surface area contributed by atoms with Gasteiger partial charge in [-0.2, -0.15) is 0 Å². The molecule has 0 spiro atoms. The number of amides is 2. The number of carbonyl (C=O) groups is 2. The quantitative estimate of drug-likeness (QED) is 0.769. The summed E-state index contributed by atoms with van der Waals surface area (Å²) in [4.78, 5) is 28.3. The van der Waals surface area contributed by atoms with Crippen LogP contribution in [0.1, 0.15) is 34.6 Å². The van der Waals surface area contributed by atoms with E-state index in [0.717, 1.165) is 26.2 Å². The minimum absolute atomic E-state index is 0.0199. The maximum absolute atomic E-state index is 12.6. The molecular formula is C15H30N4O2. The van der Waals surface area contributed by atoms with E-state index < -0.39 is 5.54 Å². The molecule has 0 aromatic rings. The van der Waals surface area contributed by atoms with Crippen LogP contribution in [0, 0.1) is 0 Å². The maximum Gasteiger partial charge on any atom is 0.242 e. The molecule has 0 bridgehead atoms. The van der Waals surface area contributed by atoms with Gasteiger partial charge in [0.05, 0.1) is 12.1 Å². The number of rotatable bonds is 4. The third kappa shape index (κ3) is 5.28. The number of nitrogens with zero attached hydrogens (tertiary/aromatic N) is 2. The van der Waals surface area contributed by atoms with Gasteiger partial charge in [-0.25, -0.2) is 0 Å². The van der Waals surface area contributed by atoms with E-state index in [1.807, 2.05) is 34.6 Å². The van der Waals surface area contributed by atoms with Gasteiger partial charge in [0.15, 0.2) is 0 Å². The highest BCUT2D eigenvalue weighted by Crippen LogP contribution is 2.17. The van der Waals surface area contributed by atoms with Gasteiger partial charge in [-0.1, -0.05) is 0 Å². The Morgan fingerprint density at radius 2 is 1.67 bits per heavy atom. The predicted octanol–water partition coefficient (Wildman–Crippen LogP) is 0.0433. The van der Waals surface area contributed by atoms with Crippen LogP contribution in [-0.4, -0.2) is 72.5 Å². The van der Waals surface area contributed by atoms with Gasteiger partial charge in [0.1, 0.15) is 0 Å². The second kappa shape index (κ2) is 6.75. The van der Waals surface area contributed by atoms with Crippen molar-refractivity contribution in [3.63, 3.8) is 0 Å². The Kier molecular flexibility index (Phi) is 5.75. The average Bonchev–Trinajstić information content (AvgIpc) is 2.36. The van der Waals surface area contributed by atoms with Crippen LogP contribution in [0.25, 0.3) is 0 Å². The van der Waals surface area contributed by atoms with Crippen molar-refractivity contribution >= 4 is 11.8 Å². The molecule has 1 saturated heterocycles. The summed E-state index contributed by atoms with van der Waals surface area (Å²) in [5.41, 5.74) is -0.867. The molecule has 1 fully saturated rings. The van der Waals surface area contributed by atoms with Gasteiger partial charge in [0.2, 0.25) is 11.8 Å². The highest BCUT2D eigenvalue weighted by molar-refractivity contribution is 5.89. The molecule has 0 atom stereocenters. The molecule has 0 aliphatic carbocycles. The monoisotopic (exact) mass is 298 g/mol. The third-order valence-corrected chi connectivity index (χ3v) is 3.67. The number of piperazine rings is 1. The molecule has 0 saturated carbocycles. The summed E-state index contributed by atoms with van der Waals surface area (Å²) < 4.78 is 0. The zero-order valence-corrected chi connectivity index (χ0v) is 14.2. The van der Waals surface area contributed by atoms with Gasteiger partial charge < -0.3 is 15.5 Å². The first-order chi connectivity index (χ1) is 9.54. The van der Waals surface area contributed by atoms with Crippen LogP contribution in [-0.2, 0) is 9.59 Å². The third-order valence-electron chi connectivity index (χ3n) is 3.67. The number of carbonyl (C=O) groups excluding carboxylic acids is 2. The van der Waals surface area contributed by atoms with Crippen molar-refractivity contribution in [3.05, 3.63) is 0 Å². The summed E-state index contributed by atoms with van der Waals surface area (Å²) in [5.74, 6) is -0.150. The minimum Gasteiger partial charge on any atom is -0.350 e. The average molecular weight is 298 g/mol. The molecule has 1 rings (SSSR count). The van der Waals surface area contributed by atoms with Crippen LogP contribution in [0.5, 0.6) is 0 Å². The summed E-state index contributed by atoms with van der Waals surface area (Å²) >= 11 is 0. The van der Waals surface area contributed by atoms with Crippen LogP contribution in [0.3, 0.4) is 0 Å². The first-order valence-corrected chi connectivity index (χ1v) is 7.56. The fraction of sp³-hybridized carbons (Fsp3) is 0.867. The fourth-order valence-corrected chi connectivity index (χ4v) is 2.57. The molecule has 0 aromatic heterocycles. The van der Waals surface area contributed by atoms with Crippen LogP contribution >= 0.6 is 0 Å². The van der Waals surface area contributed by atoms with Crippen molar-refractivity contribution in [2.24, 2.45) is 0 Å².